The number of rotatable bonds is 4. The summed E-state index contributed by atoms with van der Waals surface area (Å²) in [6.07, 6.45) is 0.833. The van der Waals surface area contributed by atoms with Crippen LogP contribution < -0.4 is 0 Å². The second kappa shape index (κ2) is 16.5. The zero-order chi connectivity index (χ0) is 10.9. The molecule has 4 N–H and O–H groups in total. The summed E-state index contributed by atoms with van der Waals surface area (Å²) in [6.45, 7) is 4.02. The molecule has 0 saturated carbocycles. The van der Waals surface area contributed by atoms with Gasteiger partial charge in [0.15, 0.2) is 0 Å². The summed E-state index contributed by atoms with van der Waals surface area (Å²) < 4.78 is 0. The molecule has 0 aromatic heterocycles. The highest BCUT2D eigenvalue weighted by molar-refractivity contribution is 5.78. The van der Waals surface area contributed by atoms with E-state index in [2.05, 4.69) is 6.58 Å². The maximum absolute atomic E-state index is 9.25. The van der Waals surface area contributed by atoms with Crippen LogP contribution in [0.15, 0.2) is 12.7 Å². The van der Waals surface area contributed by atoms with E-state index >= 15 is 0 Å². The summed E-state index contributed by atoms with van der Waals surface area (Å²) in [5.41, 5.74) is -0.708. The highest BCUT2D eigenvalue weighted by atomic mass is 16.4. The van der Waals surface area contributed by atoms with E-state index < -0.39 is 11.4 Å². The largest absolute Gasteiger partial charge is 0.478 e. The highest BCUT2D eigenvalue weighted by Crippen LogP contribution is 2.10. The van der Waals surface area contributed by atoms with Crippen LogP contribution in [0.1, 0.15) is 29.2 Å². The Morgan fingerprint density at radius 3 is 1.31 bits per heavy atom. The van der Waals surface area contributed by atoms with E-state index in [0.717, 1.165) is 6.08 Å². The first-order chi connectivity index (χ1) is 5.95. The lowest BCUT2D eigenvalue weighted by molar-refractivity contribution is -0.131. The Bertz CT molecular complexity index is 144. The van der Waals surface area contributed by atoms with E-state index in [0.29, 0.717) is 0 Å². The van der Waals surface area contributed by atoms with Gasteiger partial charge in [-0.15, -0.1) is 0 Å². The Hall–Kier alpha value is -0.910. The number of hydrogen-bond acceptors (Lipinski definition) is 4. The van der Waals surface area contributed by atoms with Crippen LogP contribution in [0, 0.1) is 5.41 Å². The van der Waals surface area contributed by atoms with Crippen LogP contribution in [0.3, 0.4) is 0 Å². The summed E-state index contributed by atoms with van der Waals surface area (Å²) >= 11 is 0. The van der Waals surface area contributed by atoms with Crippen molar-refractivity contribution < 1.29 is 25.2 Å². The Kier molecular flexibility index (Phi) is 30.4. The van der Waals surface area contributed by atoms with E-state index in [1.807, 2.05) is 0 Å². The van der Waals surface area contributed by atoms with Crippen molar-refractivity contribution >= 4 is 5.97 Å². The maximum Gasteiger partial charge on any atom is 0.327 e. The number of aliphatic hydroxyl groups is 3. The Labute approximate surface area is 99.1 Å². The van der Waals surface area contributed by atoms with Crippen molar-refractivity contribution in [3.63, 3.8) is 0 Å². The lowest BCUT2D eigenvalue weighted by Gasteiger charge is -2.20. The van der Waals surface area contributed by atoms with Gasteiger partial charge in [0.1, 0.15) is 0 Å². The van der Waals surface area contributed by atoms with E-state index in [-0.39, 0.29) is 42.1 Å². The third-order valence-corrected chi connectivity index (χ3v) is 1.32. The van der Waals surface area contributed by atoms with Crippen LogP contribution in [0.25, 0.3) is 0 Å². The minimum absolute atomic E-state index is 0. The molecule has 0 saturated heterocycles. The molecule has 0 heterocycles. The zero-order valence-electron chi connectivity index (χ0n) is 7.60. The molecule has 0 radical (unpaired) electrons. The quantitative estimate of drug-likeness (QED) is 0.552. The van der Waals surface area contributed by atoms with E-state index in [4.69, 9.17) is 20.4 Å². The SMILES string of the molecule is C.C.C.C=CC(=O)O.CC(CO)(CO)CO. The van der Waals surface area contributed by atoms with Crippen LogP contribution in [-0.2, 0) is 4.79 Å². The standard InChI is InChI=1S/C5H12O3.C3H4O2.3CH4/c1-5(2-6,3-7)4-8;1-2-3(4)5;;;/h6-8H,2-4H2,1H3;2H,1H2,(H,4,5);3*1H4. The van der Waals surface area contributed by atoms with Crippen LogP contribution in [0.5, 0.6) is 0 Å². The summed E-state index contributed by atoms with van der Waals surface area (Å²) in [5, 5.41) is 33.0. The molecular weight excluding hydrogens is 212 g/mol. The van der Waals surface area contributed by atoms with Gasteiger partial charge in [-0.05, 0) is 0 Å². The number of hydrogen-bond donors (Lipinski definition) is 4. The van der Waals surface area contributed by atoms with Gasteiger partial charge in [0.2, 0.25) is 0 Å². The fraction of sp³-hybridized carbons (Fsp3) is 0.727. The van der Waals surface area contributed by atoms with Gasteiger partial charge in [0.05, 0.1) is 19.8 Å². The van der Waals surface area contributed by atoms with Gasteiger partial charge in [-0.3, -0.25) is 0 Å². The second-order valence-corrected chi connectivity index (χ2v) is 2.83. The summed E-state index contributed by atoms with van der Waals surface area (Å²) in [4.78, 5) is 9.25. The lowest BCUT2D eigenvalue weighted by Crippen LogP contribution is -2.29. The molecule has 0 unspecified atom stereocenters. The van der Waals surface area contributed by atoms with Crippen molar-refractivity contribution in [1.82, 2.24) is 0 Å². The maximum atomic E-state index is 9.25. The van der Waals surface area contributed by atoms with Gasteiger partial charge >= 0.3 is 5.97 Å². The molecule has 0 spiro atoms. The van der Waals surface area contributed by atoms with Crippen LogP contribution in [0.4, 0.5) is 0 Å². The van der Waals surface area contributed by atoms with Gasteiger partial charge in [0.25, 0.3) is 0 Å². The summed E-state index contributed by atoms with van der Waals surface area (Å²) in [7, 11) is 0. The Balaban J connectivity index is -0.0000000454. The second-order valence-electron chi connectivity index (χ2n) is 2.83. The number of aliphatic carboxylic acids is 1. The summed E-state index contributed by atoms with van der Waals surface area (Å²) in [6, 6.07) is 0. The highest BCUT2D eigenvalue weighted by Gasteiger charge is 2.20. The Morgan fingerprint density at radius 1 is 1.12 bits per heavy atom. The predicted molar refractivity (Wildman–Crippen MR) is 67.4 cm³/mol. The van der Waals surface area contributed by atoms with Gasteiger partial charge in [-0.1, -0.05) is 35.8 Å². The molecule has 0 aliphatic rings. The fourth-order valence-electron chi connectivity index (χ4n) is 0.150. The zero-order valence-corrected chi connectivity index (χ0v) is 7.60. The molecule has 0 amide bonds. The number of carboxylic acid groups (broad SMARTS) is 1. The van der Waals surface area contributed by atoms with Crippen molar-refractivity contribution in [3.8, 4) is 0 Å². The molecular formula is C11H28O5. The number of carbonyl (C=O) groups is 1. The van der Waals surface area contributed by atoms with Crippen molar-refractivity contribution in [3.05, 3.63) is 12.7 Å². The monoisotopic (exact) mass is 240 g/mol. The van der Waals surface area contributed by atoms with E-state index in [1.54, 1.807) is 6.92 Å². The molecule has 0 fully saturated rings. The fourth-order valence-corrected chi connectivity index (χ4v) is 0.150. The average Bonchev–Trinajstić information content (AvgIpc) is 2.17. The molecule has 5 heteroatoms. The average molecular weight is 240 g/mol. The lowest BCUT2D eigenvalue weighted by atomic mass is 9.95. The molecule has 0 bridgehead atoms. The molecule has 0 atom stereocenters. The van der Waals surface area contributed by atoms with Gasteiger partial charge in [0, 0.05) is 11.5 Å². The third-order valence-electron chi connectivity index (χ3n) is 1.32. The van der Waals surface area contributed by atoms with Crippen molar-refractivity contribution in [2.75, 3.05) is 19.8 Å². The topological polar surface area (TPSA) is 98.0 Å². The minimum atomic E-state index is -0.981. The van der Waals surface area contributed by atoms with Crippen molar-refractivity contribution in [2.24, 2.45) is 5.41 Å². The van der Waals surface area contributed by atoms with Gasteiger partial charge in [-0.25, -0.2) is 4.79 Å². The molecule has 102 valence electrons. The van der Waals surface area contributed by atoms with Crippen LogP contribution in [-0.4, -0.2) is 46.2 Å². The first kappa shape index (κ1) is 29.4. The van der Waals surface area contributed by atoms with Crippen molar-refractivity contribution in [1.29, 1.82) is 0 Å². The summed E-state index contributed by atoms with van der Waals surface area (Å²) in [5.74, 6) is -0.981. The minimum Gasteiger partial charge on any atom is -0.478 e. The van der Waals surface area contributed by atoms with Crippen molar-refractivity contribution in [2.45, 2.75) is 29.2 Å². The molecule has 0 aliphatic heterocycles. The Morgan fingerprint density at radius 2 is 1.31 bits per heavy atom. The van der Waals surface area contributed by atoms with E-state index in [1.165, 1.54) is 0 Å². The molecule has 0 rings (SSSR count). The number of carboxylic acids is 1. The van der Waals surface area contributed by atoms with E-state index in [9.17, 15) is 4.79 Å². The first-order valence-electron chi connectivity index (χ1n) is 3.63. The first-order valence-corrected chi connectivity index (χ1v) is 3.63. The predicted octanol–water partition coefficient (Wildman–Crippen LogP) is 1.13. The normalized spacial score (nSPS) is 8.00. The molecule has 5 nitrogen and oxygen atoms in total. The smallest absolute Gasteiger partial charge is 0.327 e. The van der Waals surface area contributed by atoms with Crippen LogP contribution in [0.2, 0.25) is 0 Å². The number of aliphatic hydroxyl groups excluding tert-OH is 3. The van der Waals surface area contributed by atoms with Gasteiger partial charge in [-0.2, -0.15) is 0 Å². The molecule has 0 aromatic rings. The van der Waals surface area contributed by atoms with Gasteiger partial charge < -0.3 is 20.4 Å². The third kappa shape index (κ3) is 18.8. The molecule has 16 heavy (non-hydrogen) atoms. The molecule has 0 aromatic carbocycles. The molecule has 0 aliphatic carbocycles. The van der Waals surface area contributed by atoms with Crippen LogP contribution >= 0.6 is 0 Å².